The van der Waals surface area contributed by atoms with Crippen LogP contribution < -0.4 is 10.7 Å². The highest BCUT2D eigenvalue weighted by atomic mass is 19.1. The van der Waals surface area contributed by atoms with E-state index >= 15 is 0 Å². The zero-order valence-corrected chi connectivity index (χ0v) is 22.5. The Balaban J connectivity index is 1.28. The molecule has 3 aliphatic heterocycles. The number of benzene rings is 1. The molecule has 6 rings (SSSR count). The Labute approximate surface area is 231 Å². The minimum absolute atomic E-state index is 0.0562. The Morgan fingerprint density at radius 3 is 2.58 bits per heavy atom. The third-order valence-corrected chi connectivity index (χ3v) is 9.09. The quantitative estimate of drug-likeness (QED) is 0.569. The van der Waals surface area contributed by atoms with Crippen LogP contribution in [0.5, 0.6) is 5.75 Å². The Hall–Kier alpha value is -3.31. The Morgan fingerprint density at radius 2 is 1.80 bits per heavy atom. The number of fused-ring (bicyclic) bond motifs is 4. The molecule has 1 aliphatic carbocycles. The number of hydrogen-bond donors (Lipinski definition) is 2. The summed E-state index contributed by atoms with van der Waals surface area (Å²) >= 11 is 0. The lowest BCUT2D eigenvalue weighted by molar-refractivity contribution is -0.0751. The van der Waals surface area contributed by atoms with Gasteiger partial charge >= 0.3 is 0 Å². The van der Waals surface area contributed by atoms with E-state index in [0.29, 0.717) is 12.5 Å². The molecule has 1 saturated carbocycles. The van der Waals surface area contributed by atoms with E-state index in [4.69, 9.17) is 0 Å². The summed E-state index contributed by atoms with van der Waals surface area (Å²) < 4.78 is 28.8. The first kappa shape index (κ1) is 26.9. The summed E-state index contributed by atoms with van der Waals surface area (Å²) in [5.74, 6) is -3.13. The van der Waals surface area contributed by atoms with Crippen LogP contribution in [0, 0.1) is 17.6 Å². The van der Waals surface area contributed by atoms with Crippen LogP contribution in [-0.4, -0.2) is 81.1 Å². The molecule has 3 atom stereocenters. The first-order valence-electron chi connectivity index (χ1n) is 14.3. The molecule has 4 aliphatic rings. The van der Waals surface area contributed by atoms with Gasteiger partial charge in [0.1, 0.15) is 23.4 Å². The van der Waals surface area contributed by atoms with Gasteiger partial charge in [-0.1, -0.05) is 18.9 Å². The second kappa shape index (κ2) is 10.9. The van der Waals surface area contributed by atoms with E-state index < -0.39 is 28.7 Å². The second-order valence-corrected chi connectivity index (χ2v) is 11.5. The van der Waals surface area contributed by atoms with Gasteiger partial charge in [0.25, 0.3) is 11.8 Å². The number of carbonyl (C=O) groups is 2. The fourth-order valence-electron chi connectivity index (χ4n) is 7.01. The topological polar surface area (TPSA) is 98.1 Å². The third kappa shape index (κ3) is 4.89. The first-order chi connectivity index (χ1) is 19.3. The highest BCUT2D eigenvalue weighted by Crippen LogP contribution is 2.39. The molecule has 11 heteroatoms. The highest BCUT2D eigenvalue weighted by Gasteiger charge is 2.48. The fraction of sp³-hybridized carbons (Fsp3) is 0.552. The normalized spacial score (nSPS) is 24.9. The SMILES string of the molecule is O=C(NCc1ccc(F)cc1F)c1cn2c(c(O)c1=O)C(=O)N1[C@H]3CCCC[C@H]3CN(CCN3CCCC3)[C@@H]1C2. The molecule has 0 bridgehead atoms. The molecule has 0 radical (unpaired) electrons. The molecule has 1 aromatic carbocycles. The first-order valence-corrected chi connectivity index (χ1v) is 14.3. The van der Waals surface area contributed by atoms with Gasteiger partial charge in [0, 0.05) is 50.0 Å². The predicted molar refractivity (Wildman–Crippen MR) is 143 cm³/mol. The number of aromatic hydroxyl groups is 1. The Kier molecular flexibility index (Phi) is 7.35. The third-order valence-electron chi connectivity index (χ3n) is 9.09. The molecular weight excluding hydrogens is 520 g/mol. The molecule has 2 saturated heterocycles. The van der Waals surface area contributed by atoms with Crippen molar-refractivity contribution < 1.29 is 23.5 Å². The minimum Gasteiger partial charge on any atom is -0.503 e. The number of hydrogen-bond acceptors (Lipinski definition) is 6. The summed E-state index contributed by atoms with van der Waals surface area (Å²) in [4.78, 5) is 46.7. The molecule has 214 valence electrons. The molecule has 4 heterocycles. The van der Waals surface area contributed by atoms with Crippen LogP contribution in [0.15, 0.2) is 29.2 Å². The van der Waals surface area contributed by atoms with Crippen LogP contribution in [0.2, 0.25) is 0 Å². The number of carbonyl (C=O) groups excluding carboxylic acids is 2. The summed E-state index contributed by atoms with van der Waals surface area (Å²) in [5.41, 5.74) is -1.31. The fourth-order valence-corrected chi connectivity index (χ4v) is 7.01. The number of aromatic nitrogens is 1. The van der Waals surface area contributed by atoms with Crippen LogP contribution in [0.25, 0.3) is 0 Å². The van der Waals surface area contributed by atoms with Gasteiger partial charge < -0.3 is 24.8 Å². The molecule has 1 aromatic heterocycles. The summed E-state index contributed by atoms with van der Waals surface area (Å²) in [5, 5.41) is 13.4. The van der Waals surface area contributed by atoms with Gasteiger partial charge in [0.15, 0.2) is 11.4 Å². The Morgan fingerprint density at radius 1 is 1.02 bits per heavy atom. The Bertz CT molecular complexity index is 1370. The number of pyridine rings is 1. The number of amides is 2. The summed E-state index contributed by atoms with van der Waals surface area (Å²) in [6, 6.07) is 3.08. The summed E-state index contributed by atoms with van der Waals surface area (Å²) in [6.45, 7) is 4.86. The molecule has 9 nitrogen and oxygen atoms in total. The van der Waals surface area contributed by atoms with Crippen molar-refractivity contribution in [2.75, 3.05) is 32.7 Å². The van der Waals surface area contributed by atoms with E-state index in [-0.39, 0.29) is 41.5 Å². The molecule has 2 N–H and O–H groups in total. The van der Waals surface area contributed by atoms with Crippen molar-refractivity contribution in [3.05, 3.63) is 63.1 Å². The van der Waals surface area contributed by atoms with Crippen LogP contribution in [-0.2, 0) is 13.1 Å². The standard InChI is InChI=1S/C29H35F2N5O4/c30-20-8-7-18(22(31)13-20)14-32-28(39)21-16-35-17-24-34(12-11-33-9-3-4-10-33)15-19-5-1-2-6-23(19)36(24)29(40)25(35)27(38)26(21)37/h7-8,13,16,19,23-24,38H,1-6,9-12,14-15,17H2,(H,32,39)/t19-,23-,24-/m0/s1. The van der Waals surface area contributed by atoms with Gasteiger partial charge in [0.2, 0.25) is 5.43 Å². The van der Waals surface area contributed by atoms with Crippen LogP contribution >= 0.6 is 0 Å². The van der Waals surface area contributed by atoms with E-state index in [1.165, 1.54) is 29.7 Å². The number of rotatable bonds is 6. The van der Waals surface area contributed by atoms with E-state index in [0.717, 1.165) is 70.5 Å². The van der Waals surface area contributed by atoms with Crippen molar-refractivity contribution in [1.82, 2.24) is 24.6 Å². The van der Waals surface area contributed by atoms with Crippen molar-refractivity contribution in [3.63, 3.8) is 0 Å². The summed E-state index contributed by atoms with van der Waals surface area (Å²) in [7, 11) is 0. The molecule has 3 fully saturated rings. The molecule has 2 aromatic rings. The molecule has 0 spiro atoms. The van der Waals surface area contributed by atoms with E-state index in [1.54, 1.807) is 0 Å². The average molecular weight is 556 g/mol. The molecular formula is C29H35F2N5O4. The maximum absolute atomic E-state index is 14.0. The summed E-state index contributed by atoms with van der Waals surface area (Å²) in [6.07, 6.45) is 7.62. The van der Waals surface area contributed by atoms with Crippen molar-refractivity contribution in [1.29, 1.82) is 0 Å². The number of nitrogens with zero attached hydrogens (tertiary/aromatic N) is 4. The second-order valence-electron chi connectivity index (χ2n) is 11.5. The maximum Gasteiger partial charge on any atom is 0.276 e. The van der Waals surface area contributed by atoms with Crippen LogP contribution in [0.1, 0.15) is 64.9 Å². The maximum atomic E-state index is 14.0. The van der Waals surface area contributed by atoms with E-state index in [1.807, 2.05) is 4.90 Å². The van der Waals surface area contributed by atoms with Crippen LogP contribution in [0.3, 0.4) is 0 Å². The monoisotopic (exact) mass is 555 g/mol. The lowest BCUT2D eigenvalue weighted by Crippen LogP contribution is -2.68. The van der Waals surface area contributed by atoms with Gasteiger partial charge in [-0.05, 0) is 50.8 Å². The van der Waals surface area contributed by atoms with E-state index in [9.17, 15) is 28.3 Å². The minimum atomic E-state index is -0.946. The number of likely N-dealkylation sites (tertiary alicyclic amines) is 1. The smallest absolute Gasteiger partial charge is 0.276 e. The van der Waals surface area contributed by atoms with Gasteiger partial charge in [-0.2, -0.15) is 0 Å². The predicted octanol–water partition coefficient (Wildman–Crippen LogP) is 2.51. The number of halogens is 2. The van der Waals surface area contributed by atoms with Crippen molar-refractivity contribution >= 4 is 11.8 Å². The van der Waals surface area contributed by atoms with Crippen LogP contribution in [0.4, 0.5) is 8.78 Å². The van der Waals surface area contributed by atoms with Crippen molar-refractivity contribution in [2.24, 2.45) is 5.92 Å². The van der Waals surface area contributed by atoms with Gasteiger partial charge in [-0.3, -0.25) is 19.3 Å². The van der Waals surface area contributed by atoms with E-state index in [2.05, 4.69) is 15.1 Å². The largest absolute Gasteiger partial charge is 0.503 e. The van der Waals surface area contributed by atoms with Gasteiger partial charge in [0.05, 0.1) is 6.54 Å². The lowest BCUT2D eigenvalue weighted by atomic mass is 9.80. The van der Waals surface area contributed by atoms with Gasteiger partial charge in [-0.25, -0.2) is 8.78 Å². The zero-order chi connectivity index (χ0) is 28.0. The lowest BCUT2D eigenvalue weighted by Gasteiger charge is -2.55. The average Bonchev–Trinajstić information content (AvgIpc) is 3.46. The van der Waals surface area contributed by atoms with Crippen molar-refractivity contribution in [3.8, 4) is 5.75 Å². The molecule has 40 heavy (non-hydrogen) atoms. The molecule has 0 unspecified atom stereocenters. The number of nitrogens with one attached hydrogen (secondary N) is 1. The van der Waals surface area contributed by atoms with Gasteiger partial charge in [-0.15, -0.1) is 0 Å². The highest BCUT2D eigenvalue weighted by molar-refractivity contribution is 5.99. The zero-order valence-electron chi connectivity index (χ0n) is 22.5. The van der Waals surface area contributed by atoms with Crippen molar-refractivity contribution in [2.45, 2.75) is 63.8 Å². The molecule has 2 amide bonds.